The van der Waals surface area contributed by atoms with Crippen molar-refractivity contribution in [1.82, 2.24) is 0 Å². The van der Waals surface area contributed by atoms with Crippen molar-refractivity contribution in [1.29, 1.82) is 5.26 Å². The van der Waals surface area contributed by atoms with Crippen LogP contribution in [0.2, 0.25) is 0 Å². The molecule has 0 radical (unpaired) electrons. The summed E-state index contributed by atoms with van der Waals surface area (Å²) in [6.45, 7) is 1.43. The van der Waals surface area contributed by atoms with Gasteiger partial charge in [-0.05, 0) is 0 Å². The first kappa shape index (κ1) is 22.7. The molecular weight excluding hydrogens is 209 g/mol. The summed E-state index contributed by atoms with van der Waals surface area (Å²) in [4.78, 5) is 8.90. The Hall–Kier alpha value is 0.0400. The number of aliphatic carboxylic acids is 1. The molecule has 0 aromatic rings. The molecule has 12 heavy (non-hydrogen) atoms. The Morgan fingerprint density at radius 2 is 1.58 bits per heavy atom. The second-order valence-corrected chi connectivity index (χ2v) is 1.03. The number of nitriles is 1. The number of halogens is 4. The fourth-order valence-corrected chi connectivity index (χ4v) is 0. The predicted molar refractivity (Wildman–Crippen MR) is 25.0 cm³/mol. The van der Waals surface area contributed by atoms with Gasteiger partial charge in [-0.3, -0.25) is 0 Å². The van der Waals surface area contributed by atoms with Crippen LogP contribution in [0, 0.1) is 11.3 Å². The molecule has 0 heterocycles. The largest absolute Gasteiger partial charge is 1.00 e. The standard InChI is InChI=1S/C2HF3O2.C2H3N.ClH.Na/c3-2(4,5)1(6)7;1-2-3;;/h(H,6,7);1H3;1H;/q;;;+1/p-1. The van der Waals surface area contributed by atoms with E-state index in [4.69, 9.17) is 15.2 Å². The van der Waals surface area contributed by atoms with Crippen LogP contribution in [0.3, 0.4) is 0 Å². The summed E-state index contributed by atoms with van der Waals surface area (Å²) in [6.07, 6.45) is -5.08. The number of nitrogens with zero attached hydrogens (tertiary/aromatic N) is 1. The molecule has 0 bridgehead atoms. The summed E-state index contributed by atoms with van der Waals surface area (Å²) in [5, 5.41) is 14.4. The van der Waals surface area contributed by atoms with Crippen LogP contribution in [0.15, 0.2) is 0 Å². The molecule has 0 aliphatic rings. The van der Waals surface area contributed by atoms with Crippen molar-refractivity contribution in [3.8, 4) is 6.07 Å². The quantitative estimate of drug-likeness (QED) is 0.411. The third kappa shape index (κ3) is 22.5. The SMILES string of the molecule is CC#N.O=C(O)C(F)(F)F.[Cl-].[Na+]. The molecule has 0 rings (SSSR count). The molecule has 0 unspecified atom stereocenters. The maximum atomic E-state index is 10.6. The Labute approximate surface area is 95.3 Å². The molecule has 0 saturated carbocycles. The summed E-state index contributed by atoms with van der Waals surface area (Å²) >= 11 is 0. The average molecular weight is 214 g/mol. The second kappa shape index (κ2) is 11.0. The molecule has 3 nitrogen and oxygen atoms in total. The van der Waals surface area contributed by atoms with E-state index in [1.54, 1.807) is 6.07 Å². The monoisotopic (exact) mass is 213 g/mol. The zero-order chi connectivity index (χ0) is 8.78. The minimum atomic E-state index is -5.08. The number of hydrogen-bond acceptors (Lipinski definition) is 2. The van der Waals surface area contributed by atoms with Crippen molar-refractivity contribution in [3.63, 3.8) is 0 Å². The van der Waals surface area contributed by atoms with Crippen molar-refractivity contribution in [2.45, 2.75) is 13.1 Å². The molecule has 0 spiro atoms. The first-order valence-electron chi connectivity index (χ1n) is 1.97. The molecule has 0 amide bonds. The van der Waals surface area contributed by atoms with Gasteiger partial charge in [-0.2, -0.15) is 18.4 Å². The van der Waals surface area contributed by atoms with Crippen molar-refractivity contribution < 1.29 is 65.0 Å². The van der Waals surface area contributed by atoms with E-state index in [0.29, 0.717) is 0 Å². The van der Waals surface area contributed by atoms with Gasteiger partial charge < -0.3 is 17.5 Å². The topological polar surface area (TPSA) is 61.1 Å². The minimum Gasteiger partial charge on any atom is -1.00 e. The molecule has 0 aliphatic heterocycles. The van der Waals surface area contributed by atoms with E-state index in [2.05, 4.69) is 0 Å². The summed E-state index contributed by atoms with van der Waals surface area (Å²) in [6, 6.07) is 1.75. The first-order valence-corrected chi connectivity index (χ1v) is 1.97. The normalized spacial score (nSPS) is 7.25. The summed E-state index contributed by atoms with van der Waals surface area (Å²) in [5.41, 5.74) is 0. The van der Waals surface area contributed by atoms with Gasteiger partial charge in [-0.1, -0.05) is 0 Å². The molecule has 0 fully saturated rings. The van der Waals surface area contributed by atoms with E-state index < -0.39 is 12.1 Å². The van der Waals surface area contributed by atoms with Crippen LogP contribution in [0.25, 0.3) is 0 Å². The number of alkyl halides is 3. The van der Waals surface area contributed by atoms with Gasteiger partial charge in [0.1, 0.15) is 0 Å². The molecule has 0 saturated heterocycles. The first-order chi connectivity index (χ1) is 4.36. The number of carboxylic acids is 1. The Kier molecular flexibility index (Phi) is 20.9. The van der Waals surface area contributed by atoms with E-state index in [1.165, 1.54) is 6.92 Å². The minimum absolute atomic E-state index is 0. The van der Waals surface area contributed by atoms with E-state index in [9.17, 15) is 13.2 Å². The van der Waals surface area contributed by atoms with Crippen molar-refractivity contribution >= 4 is 5.97 Å². The van der Waals surface area contributed by atoms with Crippen LogP contribution < -0.4 is 42.0 Å². The third-order valence-corrected chi connectivity index (χ3v) is 0.243. The van der Waals surface area contributed by atoms with E-state index in [0.717, 1.165) is 0 Å². The van der Waals surface area contributed by atoms with Gasteiger partial charge in [-0.25, -0.2) is 4.79 Å². The molecule has 1 N–H and O–H groups in total. The second-order valence-electron chi connectivity index (χ2n) is 1.03. The van der Waals surface area contributed by atoms with Crippen LogP contribution >= 0.6 is 0 Å². The van der Waals surface area contributed by atoms with Crippen LogP contribution in [0.4, 0.5) is 13.2 Å². The summed E-state index contributed by atoms with van der Waals surface area (Å²) < 4.78 is 31.7. The van der Waals surface area contributed by atoms with Crippen molar-refractivity contribution in [2.24, 2.45) is 0 Å². The zero-order valence-electron chi connectivity index (χ0n) is 6.31. The molecule has 0 aromatic heterocycles. The fraction of sp³-hybridized carbons (Fsp3) is 0.500. The number of carboxylic acid groups (broad SMARTS) is 1. The molecule has 0 aromatic carbocycles. The average Bonchev–Trinajstić information content (AvgIpc) is 1.64. The fourth-order valence-electron chi connectivity index (χ4n) is 0. The Bertz CT molecular complexity index is 155. The Balaban J connectivity index is -0.0000000569. The van der Waals surface area contributed by atoms with Gasteiger partial charge in [-0.15, -0.1) is 0 Å². The van der Waals surface area contributed by atoms with Crippen molar-refractivity contribution in [3.05, 3.63) is 0 Å². The van der Waals surface area contributed by atoms with E-state index in [1.807, 2.05) is 0 Å². The predicted octanol–water partition coefficient (Wildman–Crippen LogP) is -4.83. The van der Waals surface area contributed by atoms with Gasteiger partial charge in [0.25, 0.3) is 0 Å². The van der Waals surface area contributed by atoms with Crippen LogP contribution in [-0.2, 0) is 4.79 Å². The maximum absolute atomic E-state index is 10.6. The van der Waals surface area contributed by atoms with E-state index >= 15 is 0 Å². The Morgan fingerprint density at radius 3 is 1.58 bits per heavy atom. The number of carbonyl (C=O) groups is 1. The van der Waals surface area contributed by atoms with Crippen LogP contribution in [0.5, 0.6) is 0 Å². The maximum Gasteiger partial charge on any atom is 1.00 e. The van der Waals surface area contributed by atoms with Crippen LogP contribution in [-0.4, -0.2) is 17.3 Å². The molecule has 8 heteroatoms. The van der Waals surface area contributed by atoms with Gasteiger partial charge in [0.2, 0.25) is 0 Å². The number of hydrogen-bond donors (Lipinski definition) is 1. The molecule has 0 atom stereocenters. The third-order valence-electron chi connectivity index (χ3n) is 0.243. The van der Waals surface area contributed by atoms with Crippen molar-refractivity contribution in [2.75, 3.05) is 0 Å². The van der Waals surface area contributed by atoms with Gasteiger partial charge in [0, 0.05) is 6.92 Å². The molecule has 66 valence electrons. The van der Waals surface area contributed by atoms with Crippen LogP contribution in [0.1, 0.15) is 6.92 Å². The molecule has 0 aliphatic carbocycles. The van der Waals surface area contributed by atoms with Gasteiger partial charge in [0.05, 0.1) is 6.07 Å². The van der Waals surface area contributed by atoms with E-state index in [-0.39, 0.29) is 42.0 Å². The number of rotatable bonds is 0. The smallest absolute Gasteiger partial charge is 1.00 e. The summed E-state index contributed by atoms with van der Waals surface area (Å²) in [5.74, 6) is -2.76. The van der Waals surface area contributed by atoms with Gasteiger partial charge in [0.15, 0.2) is 0 Å². The van der Waals surface area contributed by atoms with Gasteiger partial charge >= 0.3 is 41.7 Å². The summed E-state index contributed by atoms with van der Waals surface area (Å²) in [7, 11) is 0. The molecular formula is C4H4ClF3NNaO2. The Morgan fingerprint density at radius 1 is 1.50 bits per heavy atom. The zero-order valence-corrected chi connectivity index (χ0v) is 9.07.